The molecule has 0 N–H and O–H groups in total. The zero-order chi connectivity index (χ0) is 32.7. The van der Waals surface area contributed by atoms with Crippen LogP contribution in [-0.2, 0) is 5.41 Å². The van der Waals surface area contributed by atoms with Gasteiger partial charge in [-0.2, -0.15) is 0 Å². The number of hydrogen-bond donors (Lipinski definition) is 0. The number of ether oxygens (including phenoxy) is 1. The highest BCUT2D eigenvalue weighted by molar-refractivity contribution is 7.26. The second-order valence-electron chi connectivity index (χ2n) is 13.4. The first-order chi connectivity index (χ1) is 24.1. The molecule has 0 atom stereocenters. The summed E-state index contributed by atoms with van der Waals surface area (Å²) >= 11 is 1.86. The Bertz CT molecular complexity index is 2530. The van der Waals surface area contributed by atoms with E-state index in [1.54, 1.807) is 0 Å². The Morgan fingerprint density at radius 1 is 0.551 bits per heavy atom. The van der Waals surface area contributed by atoms with Crippen LogP contribution in [0.5, 0.6) is 11.5 Å². The van der Waals surface area contributed by atoms with Gasteiger partial charge >= 0.3 is 0 Å². The first-order valence-electron chi connectivity index (χ1n) is 16.8. The van der Waals surface area contributed by atoms with Crippen LogP contribution in [0.3, 0.4) is 0 Å². The Morgan fingerprint density at radius 3 is 2.04 bits per heavy atom. The highest BCUT2D eigenvalue weighted by atomic mass is 32.1. The number of para-hydroxylation sites is 3. The summed E-state index contributed by atoms with van der Waals surface area (Å²) in [7, 11) is 0. The Hall–Kier alpha value is -5.84. The Balaban J connectivity index is 1.23. The number of nitrogens with zero attached hydrogens (tertiary/aromatic N) is 2. The summed E-state index contributed by atoms with van der Waals surface area (Å²) < 4.78 is 9.82. The number of rotatable bonds is 4. The van der Waals surface area contributed by atoms with E-state index in [9.17, 15) is 0 Å². The van der Waals surface area contributed by atoms with Crippen molar-refractivity contribution in [2.75, 3.05) is 9.80 Å². The van der Waals surface area contributed by atoms with E-state index in [2.05, 4.69) is 181 Å². The molecule has 10 rings (SSSR count). The van der Waals surface area contributed by atoms with Crippen LogP contribution in [0.2, 0.25) is 0 Å². The van der Waals surface area contributed by atoms with Crippen molar-refractivity contribution in [3.63, 3.8) is 0 Å². The van der Waals surface area contributed by atoms with Gasteiger partial charge < -0.3 is 14.5 Å². The summed E-state index contributed by atoms with van der Waals surface area (Å²) in [5.41, 5.74) is 11.2. The van der Waals surface area contributed by atoms with E-state index >= 15 is 0 Å². The number of thiophene rings is 1. The monoisotopic (exact) mass is 648 g/mol. The SMILES string of the molecule is CC1(C)c2ccccc2N2c3ccc(N(c4ccccc4)c4ccccc4)cc3Oc3c(-c4cccc5c4sc4ccccc45)ccc1c32. The van der Waals surface area contributed by atoms with Crippen LogP contribution in [0.25, 0.3) is 31.3 Å². The van der Waals surface area contributed by atoms with Crippen LogP contribution in [0.1, 0.15) is 25.0 Å². The van der Waals surface area contributed by atoms with E-state index in [1.165, 1.54) is 42.6 Å². The summed E-state index contributed by atoms with van der Waals surface area (Å²) in [4.78, 5) is 4.74. The fraction of sp³-hybridized carbons (Fsp3) is 0.0667. The van der Waals surface area contributed by atoms with E-state index in [4.69, 9.17) is 4.74 Å². The smallest absolute Gasteiger partial charge is 0.159 e. The third kappa shape index (κ3) is 4.14. The lowest BCUT2D eigenvalue weighted by atomic mass is 9.72. The minimum atomic E-state index is -0.211. The van der Waals surface area contributed by atoms with E-state index in [0.29, 0.717) is 0 Å². The van der Waals surface area contributed by atoms with Gasteiger partial charge in [0, 0.05) is 59.8 Å². The average Bonchev–Trinajstić information content (AvgIpc) is 3.53. The number of fused-ring (bicyclic) bond motifs is 7. The predicted octanol–water partition coefficient (Wildman–Crippen LogP) is 13.4. The van der Waals surface area contributed by atoms with Crippen LogP contribution in [-0.4, -0.2) is 0 Å². The van der Waals surface area contributed by atoms with E-state index in [0.717, 1.165) is 45.5 Å². The minimum absolute atomic E-state index is 0.211. The van der Waals surface area contributed by atoms with Gasteiger partial charge in [0.1, 0.15) is 0 Å². The van der Waals surface area contributed by atoms with Crippen molar-refractivity contribution >= 4 is 65.6 Å². The van der Waals surface area contributed by atoms with Gasteiger partial charge in [0.05, 0.1) is 17.1 Å². The van der Waals surface area contributed by atoms with E-state index in [1.807, 2.05) is 11.3 Å². The largest absolute Gasteiger partial charge is 0.452 e. The molecule has 0 aliphatic carbocycles. The fourth-order valence-corrected chi connectivity index (χ4v) is 9.14. The average molecular weight is 649 g/mol. The normalized spacial score (nSPS) is 13.8. The molecule has 1 aromatic heterocycles. The summed E-state index contributed by atoms with van der Waals surface area (Å²) in [5, 5.41) is 2.58. The Labute approximate surface area is 289 Å². The molecule has 2 aliphatic heterocycles. The molecule has 0 spiro atoms. The highest BCUT2D eigenvalue weighted by Crippen LogP contribution is 2.62. The van der Waals surface area contributed by atoms with Gasteiger partial charge in [-0.25, -0.2) is 0 Å². The topological polar surface area (TPSA) is 15.7 Å². The quantitative estimate of drug-likeness (QED) is 0.189. The predicted molar refractivity (Wildman–Crippen MR) is 206 cm³/mol. The first-order valence-corrected chi connectivity index (χ1v) is 17.6. The van der Waals surface area contributed by atoms with Gasteiger partial charge in [0.25, 0.3) is 0 Å². The molecule has 234 valence electrons. The molecule has 0 saturated heterocycles. The van der Waals surface area contributed by atoms with Gasteiger partial charge in [-0.1, -0.05) is 117 Å². The molecule has 49 heavy (non-hydrogen) atoms. The lowest BCUT2D eigenvalue weighted by Crippen LogP contribution is -2.32. The minimum Gasteiger partial charge on any atom is -0.452 e. The van der Waals surface area contributed by atoms with Crippen molar-refractivity contribution in [1.29, 1.82) is 0 Å². The molecule has 0 saturated carbocycles. The maximum atomic E-state index is 7.24. The van der Waals surface area contributed by atoms with Gasteiger partial charge in [0.15, 0.2) is 11.5 Å². The number of anilines is 6. The Kier molecular flexibility index (Phi) is 6.09. The molecular weight excluding hydrogens is 617 g/mol. The molecule has 7 aromatic carbocycles. The molecule has 8 aromatic rings. The van der Waals surface area contributed by atoms with Crippen LogP contribution in [0, 0.1) is 0 Å². The summed E-state index contributed by atoms with van der Waals surface area (Å²) in [6, 6.07) is 56.6. The van der Waals surface area contributed by atoms with Gasteiger partial charge in [-0.15, -0.1) is 11.3 Å². The van der Waals surface area contributed by atoms with Crippen molar-refractivity contribution in [2.24, 2.45) is 0 Å². The van der Waals surface area contributed by atoms with E-state index < -0.39 is 0 Å². The van der Waals surface area contributed by atoms with Gasteiger partial charge in [-0.05, 0) is 59.7 Å². The number of benzene rings is 7. The fourth-order valence-electron chi connectivity index (χ4n) is 7.90. The zero-order valence-corrected chi connectivity index (χ0v) is 28.0. The summed E-state index contributed by atoms with van der Waals surface area (Å²) in [5.74, 6) is 1.74. The maximum absolute atomic E-state index is 7.24. The van der Waals surface area contributed by atoms with Gasteiger partial charge in [-0.3, -0.25) is 0 Å². The summed E-state index contributed by atoms with van der Waals surface area (Å²) in [6.45, 7) is 4.67. The van der Waals surface area contributed by atoms with Crippen molar-refractivity contribution in [3.8, 4) is 22.6 Å². The number of hydrogen-bond acceptors (Lipinski definition) is 4. The standard InChI is InChI=1S/C45H32N2OS/c1-45(2)36-21-10-11-22-38(36)47-39-27-24-31(46(29-14-5-3-6-15-29)30-16-7-4-8-17-30)28-40(39)48-43-33(25-26-37(45)42(43)47)35-20-13-19-34-32-18-9-12-23-41(32)49-44(34)35/h3-28H,1-2H3. The van der Waals surface area contributed by atoms with Crippen LogP contribution in [0.15, 0.2) is 158 Å². The lowest BCUT2D eigenvalue weighted by molar-refractivity contribution is 0.473. The molecule has 0 amide bonds. The third-order valence-corrected chi connectivity index (χ3v) is 11.4. The van der Waals surface area contributed by atoms with Crippen LogP contribution in [0.4, 0.5) is 34.1 Å². The maximum Gasteiger partial charge on any atom is 0.159 e. The zero-order valence-electron chi connectivity index (χ0n) is 27.2. The summed E-state index contributed by atoms with van der Waals surface area (Å²) in [6.07, 6.45) is 0. The highest BCUT2D eigenvalue weighted by Gasteiger charge is 2.42. The third-order valence-electron chi connectivity index (χ3n) is 10.2. The second kappa shape index (κ2) is 10.6. The molecule has 4 heteroatoms. The van der Waals surface area contributed by atoms with Crippen molar-refractivity contribution < 1.29 is 4.74 Å². The van der Waals surface area contributed by atoms with Crippen molar-refractivity contribution in [3.05, 3.63) is 169 Å². The molecule has 0 unspecified atom stereocenters. The molecular formula is C45H32N2OS. The molecule has 3 nitrogen and oxygen atoms in total. The lowest BCUT2D eigenvalue weighted by Gasteiger charge is -2.45. The molecule has 0 radical (unpaired) electrons. The Morgan fingerprint density at radius 2 is 1.24 bits per heavy atom. The van der Waals surface area contributed by atoms with Crippen LogP contribution < -0.4 is 14.5 Å². The van der Waals surface area contributed by atoms with Crippen LogP contribution >= 0.6 is 11.3 Å². The first kappa shape index (κ1) is 28.2. The van der Waals surface area contributed by atoms with Crippen molar-refractivity contribution in [1.82, 2.24) is 0 Å². The molecule has 0 fully saturated rings. The second-order valence-corrected chi connectivity index (χ2v) is 14.4. The van der Waals surface area contributed by atoms with Gasteiger partial charge in [0.2, 0.25) is 0 Å². The molecule has 0 bridgehead atoms. The van der Waals surface area contributed by atoms with Crippen molar-refractivity contribution in [2.45, 2.75) is 19.3 Å². The molecule has 3 heterocycles. The molecule has 2 aliphatic rings. The van der Waals surface area contributed by atoms with E-state index in [-0.39, 0.29) is 5.41 Å².